The zero-order valence-electron chi connectivity index (χ0n) is 11.9. The predicted molar refractivity (Wildman–Crippen MR) is 77.8 cm³/mol. The first-order valence-electron chi connectivity index (χ1n) is 6.11. The summed E-state index contributed by atoms with van der Waals surface area (Å²) in [6, 6.07) is 0. The normalized spacial score (nSPS) is 12.2. The van der Waals surface area contributed by atoms with Crippen LogP contribution in [0.3, 0.4) is 0 Å². The molecular weight excluding hydrogens is 262 g/mol. The molecule has 0 saturated heterocycles. The first-order valence-corrected chi connectivity index (χ1v) is 6.99. The van der Waals surface area contributed by atoms with Crippen LogP contribution in [-0.4, -0.2) is 43.9 Å². The first-order chi connectivity index (χ1) is 8.86. The van der Waals surface area contributed by atoms with Gasteiger partial charge in [-0.3, -0.25) is 9.36 Å². The maximum absolute atomic E-state index is 12.3. The van der Waals surface area contributed by atoms with Crippen LogP contribution >= 0.6 is 11.8 Å². The number of aromatic nitrogens is 3. The number of hydrogen-bond acceptors (Lipinski definition) is 5. The van der Waals surface area contributed by atoms with Gasteiger partial charge < -0.3 is 10.6 Å². The number of nitrogen functional groups attached to an aromatic ring is 1. The molecule has 0 saturated carbocycles. The summed E-state index contributed by atoms with van der Waals surface area (Å²) in [5, 5.41) is 8.13. The van der Waals surface area contributed by atoms with Crippen molar-refractivity contribution in [2.24, 2.45) is 7.05 Å². The van der Waals surface area contributed by atoms with Crippen molar-refractivity contribution in [2.75, 3.05) is 18.8 Å². The fourth-order valence-corrected chi connectivity index (χ4v) is 2.47. The zero-order valence-corrected chi connectivity index (χ0v) is 12.7. The van der Waals surface area contributed by atoms with Crippen molar-refractivity contribution in [2.45, 2.75) is 31.2 Å². The molecule has 0 aliphatic rings. The van der Waals surface area contributed by atoms with E-state index in [0.29, 0.717) is 24.2 Å². The summed E-state index contributed by atoms with van der Waals surface area (Å²) in [6.45, 7) is 10.8. The van der Waals surface area contributed by atoms with Crippen LogP contribution in [0.15, 0.2) is 17.3 Å². The third kappa shape index (κ3) is 3.99. The second-order valence-corrected chi connectivity index (χ2v) is 5.78. The van der Waals surface area contributed by atoms with Gasteiger partial charge >= 0.3 is 0 Å². The Balaban J connectivity index is 2.71. The number of nitrogens with zero attached hydrogens (tertiary/aromatic N) is 4. The predicted octanol–water partition coefficient (Wildman–Crippen LogP) is 1.30. The first kappa shape index (κ1) is 15.6. The van der Waals surface area contributed by atoms with Crippen molar-refractivity contribution in [1.29, 1.82) is 0 Å². The Morgan fingerprint density at radius 3 is 2.63 bits per heavy atom. The molecule has 1 aromatic rings. The van der Waals surface area contributed by atoms with Crippen molar-refractivity contribution < 1.29 is 4.79 Å². The summed E-state index contributed by atoms with van der Waals surface area (Å²) in [5.74, 6) is 0.411. The van der Waals surface area contributed by atoms with Crippen LogP contribution in [-0.2, 0) is 11.8 Å². The fraction of sp³-hybridized carbons (Fsp3) is 0.583. The molecule has 0 fully saturated rings. The lowest BCUT2D eigenvalue weighted by Crippen LogP contribution is -2.37. The van der Waals surface area contributed by atoms with Gasteiger partial charge in [-0.2, -0.15) is 0 Å². The van der Waals surface area contributed by atoms with Gasteiger partial charge in [0.05, 0.1) is 5.25 Å². The van der Waals surface area contributed by atoms with Crippen molar-refractivity contribution in [1.82, 2.24) is 19.7 Å². The number of nitrogens with two attached hydrogens (primary N) is 1. The molecule has 1 heterocycles. The Labute approximate surface area is 118 Å². The van der Waals surface area contributed by atoms with E-state index < -0.39 is 0 Å². The lowest BCUT2D eigenvalue weighted by Gasteiger charge is -2.24. The van der Waals surface area contributed by atoms with Crippen molar-refractivity contribution in [3.8, 4) is 0 Å². The Bertz CT molecular complexity index is 471. The van der Waals surface area contributed by atoms with Gasteiger partial charge in [0.1, 0.15) is 0 Å². The van der Waals surface area contributed by atoms with Crippen LogP contribution in [0.5, 0.6) is 0 Å². The molecule has 1 rings (SSSR count). The van der Waals surface area contributed by atoms with E-state index in [9.17, 15) is 4.79 Å². The molecule has 106 valence electrons. The van der Waals surface area contributed by atoms with Crippen LogP contribution in [0.4, 0.5) is 5.95 Å². The maximum Gasteiger partial charge on any atom is 0.236 e. The fourth-order valence-electron chi connectivity index (χ4n) is 1.57. The van der Waals surface area contributed by atoms with E-state index in [1.807, 2.05) is 20.8 Å². The molecule has 6 nitrogen and oxygen atoms in total. The van der Waals surface area contributed by atoms with E-state index in [-0.39, 0.29) is 11.2 Å². The summed E-state index contributed by atoms with van der Waals surface area (Å²) in [5.41, 5.74) is 6.58. The number of hydrogen-bond donors (Lipinski definition) is 1. The molecule has 0 spiro atoms. The number of carbonyl (C=O) groups excluding carboxylic acids is 1. The number of likely N-dealkylation sites (N-methyl/N-ethyl adjacent to an activating group) is 1. The Kier molecular flexibility index (Phi) is 5.41. The number of amides is 1. The third-order valence-electron chi connectivity index (χ3n) is 2.65. The molecule has 1 amide bonds. The van der Waals surface area contributed by atoms with Gasteiger partial charge in [-0.15, -0.1) is 10.2 Å². The minimum absolute atomic E-state index is 0.0667. The maximum atomic E-state index is 12.3. The molecule has 0 aliphatic heterocycles. The van der Waals surface area contributed by atoms with Gasteiger partial charge in [-0.1, -0.05) is 23.9 Å². The minimum atomic E-state index is -0.235. The van der Waals surface area contributed by atoms with Gasteiger partial charge in [-0.05, 0) is 20.8 Å². The molecule has 1 aromatic heterocycles. The second kappa shape index (κ2) is 6.60. The topological polar surface area (TPSA) is 77.0 Å². The Morgan fingerprint density at radius 1 is 1.58 bits per heavy atom. The third-order valence-corrected chi connectivity index (χ3v) is 3.77. The molecule has 0 radical (unpaired) electrons. The van der Waals surface area contributed by atoms with Gasteiger partial charge in [0.15, 0.2) is 5.16 Å². The Morgan fingerprint density at radius 2 is 2.21 bits per heavy atom. The van der Waals surface area contributed by atoms with Gasteiger partial charge in [0.25, 0.3) is 0 Å². The smallest absolute Gasteiger partial charge is 0.236 e. The van der Waals surface area contributed by atoms with E-state index >= 15 is 0 Å². The molecule has 19 heavy (non-hydrogen) atoms. The molecule has 1 atom stereocenters. The second-order valence-electron chi connectivity index (χ2n) is 4.47. The van der Waals surface area contributed by atoms with Crippen LogP contribution < -0.4 is 5.73 Å². The van der Waals surface area contributed by atoms with Crippen LogP contribution in [0.25, 0.3) is 0 Å². The van der Waals surface area contributed by atoms with E-state index in [2.05, 4.69) is 16.8 Å². The standard InChI is InChI=1S/C12H21N5OS/c1-6-17(7-8(2)3)10(18)9(4)19-12-15-14-11(13)16(12)5/h9H,2,6-7H2,1,3-5H3,(H2,13,14). The molecule has 7 heteroatoms. The average Bonchev–Trinajstić information content (AvgIpc) is 2.66. The van der Waals surface area contributed by atoms with E-state index in [4.69, 9.17) is 5.73 Å². The lowest BCUT2D eigenvalue weighted by molar-refractivity contribution is -0.129. The molecule has 1 unspecified atom stereocenters. The summed E-state index contributed by atoms with van der Waals surface area (Å²) in [6.07, 6.45) is 0. The van der Waals surface area contributed by atoms with Crippen molar-refractivity contribution in [3.63, 3.8) is 0 Å². The minimum Gasteiger partial charge on any atom is -0.368 e. The summed E-state index contributed by atoms with van der Waals surface area (Å²) in [4.78, 5) is 14.1. The number of rotatable bonds is 6. The van der Waals surface area contributed by atoms with Gasteiger partial charge in [0, 0.05) is 20.1 Å². The highest BCUT2D eigenvalue weighted by Gasteiger charge is 2.22. The highest BCUT2D eigenvalue weighted by atomic mass is 32.2. The molecule has 0 aliphatic carbocycles. The molecule has 0 bridgehead atoms. The van der Waals surface area contributed by atoms with Gasteiger partial charge in [0.2, 0.25) is 11.9 Å². The monoisotopic (exact) mass is 283 g/mol. The quantitative estimate of drug-likeness (QED) is 0.629. The summed E-state index contributed by atoms with van der Waals surface area (Å²) in [7, 11) is 1.78. The van der Waals surface area contributed by atoms with Crippen molar-refractivity contribution >= 4 is 23.6 Å². The van der Waals surface area contributed by atoms with Crippen molar-refractivity contribution in [3.05, 3.63) is 12.2 Å². The largest absolute Gasteiger partial charge is 0.368 e. The van der Waals surface area contributed by atoms with Crippen LogP contribution in [0.1, 0.15) is 20.8 Å². The number of carbonyl (C=O) groups is 1. The van der Waals surface area contributed by atoms with Crippen LogP contribution in [0.2, 0.25) is 0 Å². The summed E-state index contributed by atoms with van der Waals surface area (Å²) >= 11 is 1.36. The van der Waals surface area contributed by atoms with E-state index in [1.165, 1.54) is 11.8 Å². The highest BCUT2D eigenvalue weighted by molar-refractivity contribution is 8.00. The molecule has 0 aromatic carbocycles. The number of anilines is 1. The van der Waals surface area contributed by atoms with Crippen LogP contribution in [0, 0.1) is 0 Å². The SMILES string of the molecule is C=C(C)CN(CC)C(=O)C(C)Sc1nnc(N)n1C. The highest BCUT2D eigenvalue weighted by Crippen LogP contribution is 2.23. The van der Waals surface area contributed by atoms with Gasteiger partial charge in [-0.25, -0.2) is 0 Å². The van der Waals surface area contributed by atoms with E-state index in [1.54, 1.807) is 16.5 Å². The Hall–Kier alpha value is -1.50. The zero-order chi connectivity index (χ0) is 14.6. The molecule has 2 N–H and O–H groups in total. The molecular formula is C12H21N5OS. The average molecular weight is 283 g/mol. The lowest BCUT2D eigenvalue weighted by atomic mass is 10.3. The summed E-state index contributed by atoms with van der Waals surface area (Å²) < 4.78 is 1.67. The van der Waals surface area contributed by atoms with E-state index in [0.717, 1.165) is 5.57 Å². The number of thioether (sulfide) groups is 1.